The first-order chi connectivity index (χ1) is 12.9. The summed E-state index contributed by atoms with van der Waals surface area (Å²) in [5.74, 6) is -0.369. The fourth-order valence-electron chi connectivity index (χ4n) is 2.55. The van der Waals surface area contributed by atoms with Crippen LogP contribution >= 0.6 is 43.2 Å². The number of nitrogens with one attached hydrogen (secondary N) is 1. The van der Waals surface area contributed by atoms with Crippen molar-refractivity contribution in [1.82, 2.24) is 15.5 Å². The fourth-order valence-corrected chi connectivity index (χ4v) is 4.07. The van der Waals surface area contributed by atoms with Gasteiger partial charge in [0.15, 0.2) is 10.8 Å². The lowest BCUT2D eigenvalue weighted by atomic mass is 9.96. The highest BCUT2D eigenvalue weighted by atomic mass is 79.9. The van der Waals surface area contributed by atoms with Crippen molar-refractivity contribution in [1.29, 1.82) is 0 Å². The van der Waals surface area contributed by atoms with Crippen LogP contribution in [0, 0.1) is 5.82 Å². The van der Waals surface area contributed by atoms with Gasteiger partial charge in [0.1, 0.15) is 17.4 Å². The zero-order chi connectivity index (χ0) is 19.6. The number of benzene rings is 1. The minimum absolute atomic E-state index is 0.285. The summed E-state index contributed by atoms with van der Waals surface area (Å²) in [6.07, 6.45) is -0.285. The van der Waals surface area contributed by atoms with Crippen molar-refractivity contribution in [2.75, 3.05) is 5.33 Å². The molecule has 2 heterocycles. The van der Waals surface area contributed by atoms with Crippen LogP contribution in [0.4, 0.5) is 4.39 Å². The second-order valence-corrected chi connectivity index (χ2v) is 8.14. The molecule has 1 aliphatic rings. The lowest BCUT2D eigenvalue weighted by Gasteiger charge is -2.27. The summed E-state index contributed by atoms with van der Waals surface area (Å²) in [6.45, 7) is 3.56. The van der Waals surface area contributed by atoms with Gasteiger partial charge in [-0.25, -0.2) is 9.18 Å². The normalized spacial score (nSPS) is 17.0. The number of alkyl halides is 1. The maximum Gasteiger partial charge on any atom is 0.338 e. The van der Waals surface area contributed by atoms with Gasteiger partial charge >= 0.3 is 5.97 Å². The van der Waals surface area contributed by atoms with Crippen LogP contribution in [0.15, 0.2) is 44.4 Å². The van der Waals surface area contributed by atoms with Gasteiger partial charge in [-0.1, -0.05) is 49.3 Å². The van der Waals surface area contributed by atoms with E-state index in [0.717, 1.165) is 0 Å². The van der Waals surface area contributed by atoms with Crippen molar-refractivity contribution >= 4 is 55.0 Å². The molecular formula is C17H15Br2FN4O2S. The number of ether oxygens (including phenoxy) is 1. The van der Waals surface area contributed by atoms with E-state index in [2.05, 4.69) is 52.4 Å². The third-order valence-corrected chi connectivity index (χ3v) is 5.59. The number of aromatic nitrogens is 2. The smallest absolute Gasteiger partial charge is 0.338 e. The van der Waals surface area contributed by atoms with E-state index < -0.39 is 12.0 Å². The molecule has 1 aromatic heterocycles. The maximum atomic E-state index is 13.6. The maximum absolute atomic E-state index is 13.6. The molecule has 6 nitrogen and oxygen atoms in total. The van der Waals surface area contributed by atoms with Crippen molar-refractivity contribution in [3.8, 4) is 0 Å². The molecule has 0 spiro atoms. The second kappa shape index (κ2) is 8.57. The van der Waals surface area contributed by atoms with Crippen LogP contribution in [-0.2, 0) is 9.53 Å². The predicted octanol–water partition coefficient (Wildman–Crippen LogP) is 4.13. The molecule has 0 fully saturated rings. The Kier molecular flexibility index (Phi) is 6.38. The van der Waals surface area contributed by atoms with Gasteiger partial charge < -0.3 is 10.1 Å². The quantitative estimate of drug-likeness (QED) is 0.476. The van der Waals surface area contributed by atoms with Gasteiger partial charge in [-0.15, -0.1) is 10.2 Å². The van der Waals surface area contributed by atoms with E-state index in [1.807, 2.05) is 0 Å². The highest BCUT2D eigenvalue weighted by Crippen LogP contribution is 2.37. The number of carbonyl (C=O) groups is 1. The largest absolute Gasteiger partial charge is 0.459 e. The number of hydrogen-bond acceptors (Lipinski definition) is 7. The monoisotopic (exact) mass is 516 g/mol. The van der Waals surface area contributed by atoms with Crippen LogP contribution in [0.1, 0.15) is 30.5 Å². The number of carbonyl (C=O) groups excluding carboxylic acids is 1. The summed E-state index contributed by atoms with van der Waals surface area (Å²) in [6, 6.07) is 3.60. The van der Waals surface area contributed by atoms with Crippen LogP contribution in [0.3, 0.4) is 0 Å². The van der Waals surface area contributed by atoms with Crippen LogP contribution in [0.25, 0.3) is 0 Å². The van der Waals surface area contributed by atoms with Crippen molar-refractivity contribution in [2.45, 2.75) is 26.0 Å². The lowest BCUT2D eigenvalue weighted by Crippen LogP contribution is -2.35. The number of halogens is 3. The number of amidine groups is 1. The molecule has 0 radical (unpaired) electrons. The van der Waals surface area contributed by atoms with Gasteiger partial charge in [-0.05, 0) is 31.5 Å². The van der Waals surface area contributed by atoms with E-state index in [0.29, 0.717) is 37.5 Å². The molecule has 1 N–H and O–H groups in total. The molecule has 0 bridgehead atoms. The van der Waals surface area contributed by atoms with Crippen molar-refractivity contribution < 1.29 is 13.9 Å². The molecule has 10 heteroatoms. The van der Waals surface area contributed by atoms with Gasteiger partial charge in [0, 0.05) is 15.5 Å². The molecule has 1 aliphatic heterocycles. The number of esters is 1. The van der Waals surface area contributed by atoms with E-state index in [-0.39, 0.29) is 11.9 Å². The van der Waals surface area contributed by atoms with Gasteiger partial charge in [-0.2, -0.15) is 0 Å². The molecule has 0 saturated heterocycles. The molecule has 3 rings (SSSR count). The minimum Gasteiger partial charge on any atom is -0.459 e. The van der Waals surface area contributed by atoms with Crippen LogP contribution in [-0.4, -0.2) is 33.4 Å². The average Bonchev–Trinajstić information content (AvgIpc) is 3.14. The third kappa shape index (κ3) is 4.44. The van der Waals surface area contributed by atoms with E-state index in [1.54, 1.807) is 25.4 Å². The SMILES string of the molecule is CC(C)OC(=O)C1=C(CBr)NC(c2nncs2)=NC1c1ccc(F)cc1Br. The van der Waals surface area contributed by atoms with Crippen molar-refractivity contribution in [2.24, 2.45) is 4.99 Å². The topological polar surface area (TPSA) is 76.5 Å². The summed E-state index contributed by atoms with van der Waals surface area (Å²) in [5.41, 5.74) is 3.22. The van der Waals surface area contributed by atoms with Crippen molar-refractivity contribution in [3.05, 3.63) is 55.8 Å². The Balaban J connectivity index is 2.14. The number of hydrogen-bond donors (Lipinski definition) is 1. The highest BCUT2D eigenvalue weighted by Gasteiger charge is 2.34. The summed E-state index contributed by atoms with van der Waals surface area (Å²) in [5, 5.41) is 12.0. The predicted molar refractivity (Wildman–Crippen MR) is 108 cm³/mol. The van der Waals surface area contributed by atoms with Crippen LogP contribution < -0.4 is 5.32 Å². The zero-order valence-corrected chi connectivity index (χ0v) is 18.4. The zero-order valence-electron chi connectivity index (χ0n) is 14.4. The van der Waals surface area contributed by atoms with Gasteiger partial charge in [0.2, 0.25) is 0 Å². The average molecular weight is 518 g/mol. The van der Waals surface area contributed by atoms with Gasteiger partial charge in [0.05, 0.1) is 11.7 Å². The molecule has 1 aromatic carbocycles. The van der Waals surface area contributed by atoms with E-state index >= 15 is 0 Å². The molecule has 142 valence electrons. The van der Waals surface area contributed by atoms with Crippen molar-refractivity contribution in [3.63, 3.8) is 0 Å². The summed E-state index contributed by atoms with van der Waals surface area (Å²) in [7, 11) is 0. The van der Waals surface area contributed by atoms with Gasteiger partial charge in [-0.3, -0.25) is 4.99 Å². The second-order valence-electron chi connectivity index (χ2n) is 5.89. The Labute approximate surface area is 176 Å². The Morgan fingerprint density at radius 1 is 1.44 bits per heavy atom. The first kappa shape index (κ1) is 20.1. The fraction of sp³-hybridized carbons (Fsp3) is 0.294. The summed E-state index contributed by atoms with van der Waals surface area (Å²) >= 11 is 8.12. The number of rotatable bonds is 5. The summed E-state index contributed by atoms with van der Waals surface area (Å²) in [4.78, 5) is 17.5. The van der Waals surface area contributed by atoms with E-state index in [1.165, 1.54) is 23.5 Å². The standard InChI is InChI=1S/C17H15Br2FN4O2S/c1-8(2)26-17(25)13-12(6-18)22-15(16-24-21-7-27-16)23-14(13)10-4-3-9(20)5-11(10)19/h3-5,7-8,14H,6H2,1-2H3,(H,22,23). The Bertz CT molecular complexity index is 916. The Morgan fingerprint density at radius 3 is 2.81 bits per heavy atom. The van der Waals surface area contributed by atoms with Crippen LogP contribution in [0.5, 0.6) is 0 Å². The lowest BCUT2D eigenvalue weighted by molar-refractivity contribution is -0.143. The molecule has 0 aliphatic carbocycles. The highest BCUT2D eigenvalue weighted by molar-refractivity contribution is 9.10. The van der Waals surface area contributed by atoms with E-state index in [4.69, 9.17) is 4.74 Å². The summed E-state index contributed by atoms with van der Waals surface area (Å²) < 4.78 is 19.5. The molecule has 1 unspecified atom stereocenters. The Morgan fingerprint density at radius 2 is 2.22 bits per heavy atom. The molecule has 0 saturated carbocycles. The first-order valence-electron chi connectivity index (χ1n) is 7.97. The molecule has 0 amide bonds. The molecule has 27 heavy (non-hydrogen) atoms. The number of aliphatic imine (C=N–C) groups is 1. The van der Waals surface area contributed by atoms with Gasteiger partial charge in [0.25, 0.3) is 0 Å². The minimum atomic E-state index is -0.682. The van der Waals surface area contributed by atoms with E-state index in [9.17, 15) is 9.18 Å². The number of allylic oxidation sites excluding steroid dienone is 1. The molecular weight excluding hydrogens is 503 g/mol. The number of nitrogens with zero attached hydrogens (tertiary/aromatic N) is 3. The first-order valence-corrected chi connectivity index (χ1v) is 10.8. The molecule has 2 aromatic rings. The van der Waals surface area contributed by atoms with Crippen LogP contribution in [0.2, 0.25) is 0 Å². The molecule has 1 atom stereocenters. The Hall–Kier alpha value is -1.65. The third-order valence-electron chi connectivity index (χ3n) is 3.64.